The first-order valence-corrected chi connectivity index (χ1v) is 11.1. The molecule has 10 heteroatoms. The molecule has 0 aliphatic heterocycles. The molecule has 3 rings (SSSR count). The molecule has 0 fully saturated rings. The van der Waals surface area contributed by atoms with E-state index >= 15 is 0 Å². The van der Waals surface area contributed by atoms with Crippen molar-refractivity contribution >= 4 is 32.5 Å². The fourth-order valence-electron chi connectivity index (χ4n) is 3.04. The van der Waals surface area contributed by atoms with Crippen molar-refractivity contribution in [2.45, 2.75) is 19.5 Å². The second-order valence-electron chi connectivity index (χ2n) is 7.16. The summed E-state index contributed by atoms with van der Waals surface area (Å²) in [5.74, 6) is -0.388. The quantitative estimate of drug-likeness (QED) is 0.595. The Morgan fingerprint density at radius 2 is 1.84 bits per heavy atom. The standard InChI is InChI=1S/C21H20F3N3O3S/c1-13-9-14(3-6-18(13)27-31(2,29)30)7-8-25-20(28)16-10-15-4-5-17(21(22,23)24)11-19(15)26-12-16/h3-6,9-12,27H,7-8H2,1-2H3,(H,25,28). The molecule has 31 heavy (non-hydrogen) atoms. The van der Waals surface area contributed by atoms with Gasteiger partial charge in [0.15, 0.2) is 0 Å². The molecule has 0 aliphatic rings. The van der Waals surface area contributed by atoms with E-state index in [1.54, 1.807) is 19.1 Å². The number of fused-ring (bicyclic) bond motifs is 1. The molecular weight excluding hydrogens is 431 g/mol. The van der Waals surface area contributed by atoms with Gasteiger partial charge in [-0.1, -0.05) is 18.2 Å². The van der Waals surface area contributed by atoms with Crippen molar-refractivity contribution in [3.05, 3.63) is 70.9 Å². The minimum Gasteiger partial charge on any atom is -0.352 e. The highest BCUT2D eigenvalue weighted by Crippen LogP contribution is 2.31. The minimum atomic E-state index is -4.46. The Balaban J connectivity index is 1.63. The lowest BCUT2D eigenvalue weighted by Crippen LogP contribution is -2.25. The molecule has 0 atom stereocenters. The van der Waals surface area contributed by atoms with Gasteiger partial charge in [0.05, 0.1) is 28.6 Å². The molecular formula is C21H20F3N3O3S. The summed E-state index contributed by atoms with van der Waals surface area (Å²) in [5.41, 5.74) is 1.77. The number of anilines is 1. The molecule has 0 saturated carbocycles. The molecule has 1 aromatic heterocycles. The number of rotatable bonds is 6. The zero-order valence-electron chi connectivity index (χ0n) is 16.7. The number of benzene rings is 2. The van der Waals surface area contributed by atoms with E-state index in [1.165, 1.54) is 18.3 Å². The Labute approximate surface area is 177 Å². The van der Waals surface area contributed by atoms with Crippen LogP contribution in [0, 0.1) is 6.92 Å². The average molecular weight is 451 g/mol. The molecule has 0 radical (unpaired) electrons. The predicted molar refractivity (Wildman–Crippen MR) is 112 cm³/mol. The van der Waals surface area contributed by atoms with E-state index in [1.807, 2.05) is 6.07 Å². The number of aryl methyl sites for hydroxylation is 1. The maximum atomic E-state index is 12.8. The highest BCUT2D eigenvalue weighted by atomic mass is 32.2. The number of nitrogens with one attached hydrogen (secondary N) is 2. The number of nitrogens with zero attached hydrogens (tertiary/aromatic N) is 1. The summed E-state index contributed by atoms with van der Waals surface area (Å²) in [6.07, 6.45) is -1.62. The van der Waals surface area contributed by atoms with Crippen LogP contribution in [0.4, 0.5) is 18.9 Å². The molecule has 2 aromatic carbocycles. The highest BCUT2D eigenvalue weighted by molar-refractivity contribution is 7.92. The molecule has 2 N–H and O–H groups in total. The van der Waals surface area contributed by atoms with Crippen LogP contribution in [0.15, 0.2) is 48.7 Å². The second-order valence-corrected chi connectivity index (χ2v) is 8.91. The monoisotopic (exact) mass is 451 g/mol. The van der Waals surface area contributed by atoms with Gasteiger partial charge in [-0.25, -0.2) is 8.42 Å². The van der Waals surface area contributed by atoms with Crippen LogP contribution in [0.3, 0.4) is 0 Å². The number of amides is 1. The van der Waals surface area contributed by atoms with Gasteiger partial charge in [0, 0.05) is 18.1 Å². The summed E-state index contributed by atoms with van der Waals surface area (Å²) in [5, 5.41) is 3.19. The maximum Gasteiger partial charge on any atom is 0.416 e. The van der Waals surface area contributed by atoms with Gasteiger partial charge in [-0.3, -0.25) is 14.5 Å². The number of carbonyl (C=O) groups is 1. The van der Waals surface area contributed by atoms with Gasteiger partial charge in [0.25, 0.3) is 5.91 Å². The summed E-state index contributed by atoms with van der Waals surface area (Å²) in [6.45, 7) is 2.10. The Morgan fingerprint density at radius 3 is 2.48 bits per heavy atom. The fourth-order valence-corrected chi connectivity index (χ4v) is 3.67. The smallest absolute Gasteiger partial charge is 0.352 e. The van der Waals surface area contributed by atoms with E-state index in [4.69, 9.17) is 0 Å². The van der Waals surface area contributed by atoms with Crippen LogP contribution in [-0.4, -0.2) is 32.1 Å². The Kier molecular flexibility index (Phi) is 6.21. The third-order valence-corrected chi connectivity index (χ3v) is 5.15. The van der Waals surface area contributed by atoms with Crippen molar-refractivity contribution in [2.75, 3.05) is 17.5 Å². The van der Waals surface area contributed by atoms with Crippen molar-refractivity contribution in [3.8, 4) is 0 Å². The summed E-state index contributed by atoms with van der Waals surface area (Å²) < 4.78 is 63.5. The van der Waals surface area contributed by atoms with Crippen LogP contribution in [0.1, 0.15) is 27.0 Å². The largest absolute Gasteiger partial charge is 0.416 e. The zero-order valence-corrected chi connectivity index (χ0v) is 17.6. The van der Waals surface area contributed by atoms with Crippen LogP contribution in [0.25, 0.3) is 10.9 Å². The maximum absolute atomic E-state index is 12.8. The van der Waals surface area contributed by atoms with E-state index in [0.717, 1.165) is 29.5 Å². The van der Waals surface area contributed by atoms with Crippen LogP contribution < -0.4 is 10.0 Å². The van der Waals surface area contributed by atoms with Gasteiger partial charge in [-0.2, -0.15) is 13.2 Å². The summed E-state index contributed by atoms with van der Waals surface area (Å²) in [4.78, 5) is 16.4. The van der Waals surface area contributed by atoms with E-state index in [9.17, 15) is 26.4 Å². The van der Waals surface area contributed by atoms with Crippen molar-refractivity contribution < 1.29 is 26.4 Å². The zero-order chi connectivity index (χ0) is 22.8. The number of halogens is 3. The number of hydrogen-bond acceptors (Lipinski definition) is 4. The van der Waals surface area contributed by atoms with E-state index in [-0.39, 0.29) is 17.0 Å². The summed E-state index contributed by atoms with van der Waals surface area (Å²) in [6, 6.07) is 9.94. The summed E-state index contributed by atoms with van der Waals surface area (Å²) >= 11 is 0. The molecule has 0 spiro atoms. The first-order valence-electron chi connectivity index (χ1n) is 9.25. The molecule has 6 nitrogen and oxygen atoms in total. The third-order valence-electron chi connectivity index (χ3n) is 4.56. The Bertz CT molecular complexity index is 1240. The van der Waals surface area contributed by atoms with Gasteiger partial charge < -0.3 is 5.32 Å². The molecule has 1 amide bonds. The van der Waals surface area contributed by atoms with Crippen LogP contribution >= 0.6 is 0 Å². The fraction of sp³-hybridized carbons (Fsp3) is 0.238. The van der Waals surface area contributed by atoms with Crippen molar-refractivity contribution in [2.24, 2.45) is 0 Å². The predicted octanol–water partition coefficient (Wildman–Crippen LogP) is 3.91. The van der Waals surface area contributed by atoms with Crippen LogP contribution in [0.5, 0.6) is 0 Å². The molecule has 0 saturated heterocycles. The van der Waals surface area contributed by atoms with Gasteiger partial charge in [0.1, 0.15) is 0 Å². The van der Waals surface area contributed by atoms with Crippen molar-refractivity contribution in [3.63, 3.8) is 0 Å². The molecule has 1 heterocycles. The number of alkyl halides is 3. The normalized spacial score (nSPS) is 12.0. The van der Waals surface area contributed by atoms with Crippen molar-refractivity contribution in [1.29, 1.82) is 0 Å². The lowest BCUT2D eigenvalue weighted by atomic mass is 10.1. The first kappa shape index (κ1) is 22.5. The average Bonchev–Trinajstić information content (AvgIpc) is 2.67. The van der Waals surface area contributed by atoms with E-state index in [0.29, 0.717) is 24.0 Å². The van der Waals surface area contributed by atoms with E-state index in [2.05, 4.69) is 15.0 Å². The highest BCUT2D eigenvalue weighted by Gasteiger charge is 2.30. The third kappa shape index (κ3) is 5.94. The Morgan fingerprint density at radius 1 is 1.10 bits per heavy atom. The number of pyridine rings is 1. The SMILES string of the molecule is Cc1cc(CCNC(=O)c2cnc3cc(C(F)(F)F)ccc3c2)ccc1NS(C)(=O)=O. The minimum absolute atomic E-state index is 0.157. The second kappa shape index (κ2) is 8.54. The van der Waals surface area contributed by atoms with E-state index < -0.39 is 21.8 Å². The van der Waals surface area contributed by atoms with Gasteiger partial charge in [-0.15, -0.1) is 0 Å². The number of hydrogen-bond donors (Lipinski definition) is 2. The van der Waals surface area contributed by atoms with Crippen LogP contribution in [0.2, 0.25) is 0 Å². The van der Waals surface area contributed by atoms with Crippen molar-refractivity contribution in [1.82, 2.24) is 10.3 Å². The Hall–Kier alpha value is -3.14. The molecule has 0 aliphatic carbocycles. The number of sulfonamides is 1. The first-order chi connectivity index (χ1) is 14.4. The van der Waals surface area contributed by atoms with Gasteiger partial charge >= 0.3 is 6.18 Å². The summed E-state index contributed by atoms with van der Waals surface area (Å²) in [7, 11) is -3.37. The molecule has 0 unspecified atom stereocenters. The molecule has 0 bridgehead atoms. The topological polar surface area (TPSA) is 88.2 Å². The lowest BCUT2D eigenvalue weighted by Gasteiger charge is -2.11. The molecule has 3 aromatic rings. The van der Waals surface area contributed by atoms with Crippen LogP contribution in [-0.2, 0) is 22.6 Å². The van der Waals surface area contributed by atoms with Gasteiger partial charge in [-0.05, 0) is 48.7 Å². The lowest BCUT2D eigenvalue weighted by molar-refractivity contribution is -0.137. The number of aromatic nitrogens is 1. The van der Waals surface area contributed by atoms with Gasteiger partial charge in [0.2, 0.25) is 10.0 Å². The molecule has 164 valence electrons. The number of carbonyl (C=O) groups excluding carboxylic acids is 1.